The number of nitrogens with two attached hydrogens (primary N) is 1. The van der Waals surface area contributed by atoms with E-state index in [0.29, 0.717) is 0 Å². The first-order chi connectivity index (χ1) is 8.10. The first-order valence-electron chi connectivity index (χ1n) is 6.27. The molecule has 0 saturated carbocycles. The lowest BCUT2D eigenvalue weighted by Gasteiger charge is -2.13. The van der Waals surface area contributed by atoms with Crippen LogP contribution in [-0.2, 0) is 4.79 Å². The van der Waals surface area contributed by atoms with Gasteiger partial charge in [-0.25, -0.2) is 0 Å². The first kappa shape index (κ1) is 12.1. The molecule has 3 nitrogen and oxygen atoms in total. The fourth-order valence-corrected chi connectivity index (χ4v) is 2.50. The highest BCUT2D eigenvalue weighted by Gasteiger charge is 2.33. The zero-order valence-electron chi connectivity index (χ0n) is 10.7. The molecule has 1 aromatic carbocycles. The quantitative estimate of drug-likeness (QED) is 0.870. The zero-order valence-corrected chi connectivity index (χ0v) is 10.7. The van der Waals surface area contributed by atoms with Gasteiger partial charge in [-0.15, -0.1) is 0 Å². The number of nitrogens with zero attached hydrogens (tertiary/aromatic N) is 1. The summed E-state index contributed by atoms with van der Waals surface area (Å²) in [6, 6.07) is 6.24. The Labute approximate surface area is 103 Å². The number of carbonyl (C=O) groups excluding carboxylic acids is 1. The van der Waals surface area contributed by atoms with Crippen molar-refractivity contribution in [3.05, 3.63) is 29.3 Å². The van der Waals surface area contributed by atoms with Crippen LogP contribution in [0.25, 0.3) is 0 Å². The molecule has 0 fully saturated rings. The highest BCUT2D eigenvalue weighted by Crippen LogP contribution is 2.39. The second-order valence-electron chi connectivity index (χ2n) is 4.69. The fourth-order valence-electron chi connectivity index (χ4n) is 2.50. The second-order valence-corrected chi connectivity index (χ2v) is 4.69. The van der Waals surface area contributed by atoms with E-state index in [0.717, 1.165) is 29.7 Å². The van der Waals surface area contributed by atoms with Gasteiger partial charge in [-0.1, -0.05) is 26.0 Å². The van der Waals surface area contributed by atoms with Gasteiger partial charge in [0.25, 0.3) is 0 Å². The molecule has 0 bridgehead atoms. The van der Waals surface area contributed by atoms with Crippen molar-refractivity contribution in [2.75, 3.05) is 11.9 Å². The maximum absolute atomic E-state index is 12.0. The summed E-state index contributed by atoms with van der Waals surface area (Å²) in [6.45, 7) is 4.13. The van der Waals surface area contributed by atoms with Gasteiger partial charge < -0.3 is 10.6 Å². The Kier molecular flexibility index (Phi) is 3.20. The molecule has 0 aliphatic carbocycles. The van der Waals surface area contributed by atoms with Crippen LogP contribution >= 0.6 is 0 Å². The van der Waals surface area contributed by atoms with E-state index >= 15 is 0 Å². The molecule has 17 heavy (non-hydrogen) atoms. The van der Waals surface area contributed by atoms with Gasteiger partial charge in [-0.2, -0.15) is 0 Å². The van der Waals surface area contributed by atoms with Crippen LogP contribution in [0.2, 0.25) is 0 Å². The molecule has 1 heterocycles. The van der Waals surface area contributed by atoms with Crippen LogP contribution in [-0.4, -0.2) is 13.0 Å². The van der Waals surface area contributed by atoms with Crippen LogP contribution < -0.4 is 10.6 Å². The molecule has 0 spiro atoms. The van der Waals surface area contributed by atoms with Crippen molar-refractivity contribution in [1.82, 2.24) is 0 Å². The average Bonchev–Trinajstić information content (AvgIpc) is 2.60. The molecule has 3 heteroatoms. The summed E-state index contributed by atoms with van der Waals surface area (Å²) < 4.78 is 0. The third-order valence-electron chi connectivity index (χ3n) is 3.69. The number of fused-ring (bicyclic) bond motifs is 1. The van der Waals surface area contributed by atoms with Crippen LogP contribution in [0.15, 0.2) is 18.2 Å². The van der Waals surface area contributed by atoms with Gasteiger partial charge >= 0.3 is 0 Å². The number of carbonyl (C=O) groups is 1. The van der Waals surface area contributed by atoms with Gasteiger partial charge in [-0.05, 0) is 30.0 Å². The molecular formula is C14H20N2O. The predicted octanol–water partition coefficient (Wildman–Crippen LogP) is 2.57. The van der Waals surface area contributed by atoms with Gasteiger partial charge in [-0.3, -0.25) is 4.79 Å². The van der Waals surface area contributed by atoms with E-state index in [2.05, 4.69) is 19.9 Å². The molecule has 2 atom stereocenters. The van der Waals surface area contributed by atoms with Crippen molar-refractivity contribution in [1.29, 1.82) is 0 Å². The lowest BCUT2D eigenvalue weighted by Crippen LogP contribution is -2.23. The summed E-state index contributed by atoms with van der Waals surface area (Å²) in [5.41, 5.74) is 9.35. The summed E-state index contributed by atoms with van der Waals surface area (Å²) in [7, 11) is 1.84. The van der Waals surface area contributed by atoms with Crippen LogP contribution in [0.1, 0.15) is 49.8 Å². The first-order valence-corrected chi connectivity index (χ1v) is 6.27. The minimum atomic E-state index is 0.0130. The number of likely N-dealkylation sites (N-methyl/N-ethyl adjacent to an activating group) is 1. The fraction of sp³-hybridized carbons (Fsp3) is 0.500. The molecule has 2 rings (SSSR count). The molecule has 1 aliphatic heterocycles. The Morgan fingerprint density at radius 2 is 2.12 bits per heavy atom. The Bertz CT molecular complexity index is 442. The van der Waals surface area contributed by atoms with Gasteiger partial charge in [0.1, 0.15) is 0 Å². The van der Waals surface area contributed by atoms with E-state index in [-0.39, 0.29) is 17.9 Å². The molecule has 92 valence electrons. The number of hydrogen-bond acceptors (Lipinski definition) is 2. The maximum atomic E-state index is 12.0. The molecule has 2 unspecified atom stereocenters. The number of hydrogen-bond donors (Lipinski definition) is 1. The van der Waals surface area contributed by atoms with Crippen molar-refractivity contribution in [2.45, 2.75) is 38.6 Å². The largest absolute Gasteiger partial charge is 0.324 e. The van der Waals surface area contributed by atoms with Crippen LogP contribution in [0.4, 0.5) is 5.69 Å². The molecule has 0 radical (unpaired) electrons. The summed E-state index contributed by atoms with van der Waals surface area (Å²) in [5.74, 6) is 0.212. The number of amides is 1. The molecule has 2 N–H and O–H groups in total. The van der Waals surface area contributed by atoms with Crippen molar-refractivity contribution in [2.24, 2.45) is 5.73 Å². The maximum Gasteiger partial charge on any atom is 0.234 e. The number of anilines is 1. The van der Waals surface area contributed by atoms with E-state index in [1.807, 2.05) is 19.2 Å². The normalized spacial score (nSPS) is 20.6. The molecule has 0 aromatic heterocycles. The Balaban J connectivity index is 2.46. The third kappa shape index (κ3) is 1.84. The van der Waals surface area contributed by atoms with E-state index in [4.69, 9.17) is 5.73 Å². The van der Waals surface area contributed by atoms with Crippen LogP contribution in [0, 0.1) is 0 Å². The van der Waals surface area contributed by atoms with Crippen LogP contribution in [0.3, 0.4) is 0 Å². The van der Waals surface area contributed by atoms with Gasteiger partial charge in [0, 0.05) is 18.8 Å². The molecule has 1 aliphatic rings. The molecule has 1 aromatic rings. The minimum absolute atomic E-state index is 0.0130. The summed E-state index contributed by atoms with van der Waals surface area (Å²) in [4.78, 5) is 13.8. The third-order valence-corrected chi connectivity index (χ3v) is 3.69. The lowest BCUT2D eigenvalue weighted by molar-refractivity contribution is -0.119. The summed E-state index contributed by atoms with van der Waals surface area (Å²) >= 11 is 0. The van der Waals surface area contributed by atoms with Gasteiger partial charge in [0.2, 0.25) is 5.91 Å². The van der Waals surface area contributed by atoms with Crippen LogP contribution in [0.5, 0.6) is 0 Å². The zero-order chi connectivity index (χ0) is 12.6. The molecule has 1 amide bonds. The SMILES string of the molecule is CCC(N)c1ccc2c(c1)C(CC)C(=O)N2C. The topological polar surface area (TPSA) is 46.3 Å². The van der Waals surface area contributed by atoms with Crippen molar-refractivity contribution in [3.63, 3.8) is 0 Å². The summed E-state index contributed by atoms with van der Waals surface area (Å²) in [6.07, 6.45) is 1.76. The molecular weight excluding hydrogens is 212 g/mol. The standard InChI is InChI=1S/C14H20N2O/c1-4-10-11-8-9(12(15)5-2)6-7-13(11)16(3)14(10)17/h6-8,10,12H,4-5,15H2,1-3H3. The van der Waals surface area contributed by atoms with Gasteiger partial charge in [0.05, 0.1) is 5.92 Å². The monoisotopic (exact) mass is 232 g/mol. The minimum Gasteiger partial charge on any atom is -0.324 e. The Morgan fingerprint density at radius 3 is 2.71 bits per heavy atom. The highest BCUT2D eigenvalue weighted by atomic mass is 16.2. The highest BCUT2D eigenvalue weighted by molar-refractivity contribution is 6.04. The lowest BCUT2D eigenvalue weighted by atomic mass is 9.94. The molecule has 0 saturated heterocycles. The van der Waals surface area contributed by atoms with E-state index < -0.39 is 0 Å². The average molecular weight is 232 g/mol. The number of rotatable bonds is 3. The number of benzene rings is 1. The smallest absolute Gasteiger partial charge is 0.234 e. The van der Waals surface area contributed by atoms with E-state index in [9.17, 15) is 4.79 Å². The van der Waals surface area contributed by atoms with Crippen molar-refractivity contribution < 1.29 is 4.79 Å². The van der Waals surface area contributed by atoms with E-state index in [1.54, 1.807) is 4.90 Å². The van der Waals surface area contributed by atoms with Gasteiger partial charge in [0.15, 0.2) is 0 Å². The second kappa shape index (κ2) is 4.49. The van der Waals surface area contributed by atoms with E-state index in [1.165, 1.54) is 0 Å². The summed E-state index contributed by atoms with van der Waals surface area (Å²) in [5, 5.41) is 0. The Hall–Kier alpha value is -1.35. The predicted molar refractivity (Wildman–Crippen MR) is 70.1 cm³/mol. The van der Waals surface area contributed by atoms with Crippen molar-refractivity contribution in [3.8, 4) is 0 Å². The Morgan fingerprint density at radius 1 is 1.41 bits per heavy atom. The van der Waals surface area contributed by atoms with Crippen molar-refractivity contribution >= 4 is 11.6 Å².